The van der Waals surface area contributed by atoms with E-state index in [9.17, 15) is 4.79 Å². The number of rotatable bonds is 5. The molecular formula is C14H22N2O3S. The van der Waals surface area contributed by atoms with E-state index in [1.807, 2.05) is 6.07 Å². The van der Waals surface area contributed by atoms with Crippen LogP contribution < -0.4 is 5.32 Å². The number of nitrogens with one attached hydrogen (secondary N) is 1. The zero-order valence-electron chi connectivity index (χ0n) is 12.0. The van der Waals surface area contributed by atoms with Crippen molar-refractivity contribution in [1.82, 2.24) is 10.2 Å². The summed E-state index contributed by atoms with van der Waals surface area (Å²) in [7, 11) is 1.64. The molecule has 2 atom stereocenters. The molecular weight excluding hydrogens is 276 g/mol. The molecule has 0 bridgehead atoms. The second-order valence-corrected chi connectivity index (χ2v) is 5.98. The number of thiophene rings is 1. The highest BCUT2D eigenvalue weighted by molar-refractivity contribution is 7.10. The predicted molar refractivity (Wildman–Crippen MR) is 79.3 cm³/mol. The molecule has 0 spiro atoms. The summed E-state index contributed by atoms with van der Waals surface area (Å²) in [6, 6.07) is 4.12. The first-order valence-electron chi connectivity index (χ1n) is 6.87. The molecule has 5 nitrogen and oxygen atoms in total. The lowest BCUT2D eigenvalue weighted by molar-refractivity contribution is -0.0494. The molecule has 1 fully saturated rings. The van der Waals surface area contributed by atoms with Crippen LogP contribution in [0, 0.1) is 0 Å². The van der Waals surface area contributed by atoms with E-state index in [0.717, 1.165) is 0 Å². The van der Waals surface area contributed by atoms with Crippen molar-refractivity contribution in [2.75, 3.05) is 40.0 Å². The molecule has 2 heterocycles. The Morgan fingerprint density at radius 1 is 1.70 bits per heavy atom. The molecule has 6 heteroatoms. The van der Waals surface area contributed by atoms with E-state index in [1.165, 1.54) is 4.88 Å². The highest BCUT2D eigenvalue weighted by Crippen LogP contribution is 2.19. The van der Waals surface area contributed by atoms with E-state index in [1.54, 1.807) is 23.3 Å². The number of urea groups is 1. The van der Waals surface area contributed by atoms with Crippen molar-refractivity contribution >= 4 is 17.4 Å². The highest BCUT2D eigenvalue weighted by Gasteiger charge is 2.24. The van der Waals surface area contributed by atoms with Crippen LogP contribution in [-0.2, 0) is 9.47 Å². The Kier molecular flexibility index (Phi) is 5.82. The lowest BCUT2D eigenvalue weighted by Crippen LogP contribution is -2.51. The third-order valence-electron chi connectivity index (χ3n) is 3.37. The van der Waals surface area contributed by atoms with Crippen LogP contribution in [0.2, 0.25) is 0 Å². The van der Waals surface area contributed by atoms with E-state index < -0.39 is 0 Å². The largest absolute Gasteiger partial charge is 0.382 e. The number of nitrogens with zero attached hydrogens (tertiary/aromatic N) is 1. The van der Waals surface area contributed by atoms with Crippen LogP contribution in [0.5, 0.6) is 0 Å². The van der Waals surface area contributed by atoms with Crippen molar-refractivity contribution in [3.8, 4) is 0 Å². The molecule has 1 N–H and O–H groups in total. The molecule has 20 heavy (non-hydrogen) atoms. The second kappa shape index (κ2) is 7.61. The molecule has 1 aromatic heterocycles. The zero-order chi connectivity index (χ0) is 14.4. The van der Waals surface area contributed by atoms with E-state index >= 15 is 0 Å². The van der Waals surface area contributed by atoms with Crippen LogP contribution in [0.1, 0.15) is 17.7 Å². The average Bonchev–Trinajstić information content (AvgIpc) is 2.99. The molecule has 0 aromatic carbocycles. The fraction of sp³-hybridized carbons (Fsp3) is 0.643. The smallest absolute Gasteiger partial charge is 0.317 e. The lowest BCUT2D eigenvalue weighted by atomic mass is 10.1. The van der Waals surface area contributed by atoms with Crippen LogP contribution in [0.15, 0.2) is 17.5 Å². The number of ether oxygens (including phenoxy) is 2. The molecule has 1 saturated heterocycles. The Hall–Kier alpha value is -1.11. The number of carbonyl (C=O) groups is 1. The highest BCUT2D eigenvalue weighted by atomic mass is 32.1. The number of hydrogen-bond donors (Lipinski definition) is 1. The maximum Gasteiger partial charge on any atom is 0.317 e. The van der Waals surface area contributed by atoms with Gasteiger partial charge in [-0.2, -0.15) is 0 Å². The average molecular weight is 298 g/mol. The summed E-state index contributed by atoms with van der Waals surface area (Å²) in [6.07, 6.45) is -0.0192. The number of methoxy groups -OCH3 is 1. The van der Waals surface area contributed by atoms with Gasteiger partial charge in [-0.05, 0) is 11.4 Å². The Bertz CT molecular complexity index is 409. The molecule has 0 aliphatic carbocycles. The topological polar surface area (TPSA) is 50.8 Å². The lowest BCUT2D eigenvalue weighted by Gasteiger charge is -2.32. The molecule has 1 aliphatic rings. The van der Waals surface area contributed by atoms with Crippen molar-refractivity contribution in [3.63, 3.8) is 0 Å². The molecule has 1 aromatic rings. The summed E-state index contributed by atoms with van der Waals surface area (Å²) < 4.78 is 10.6. The standard InChI is InChI=1S/C14H22N2O3S/c1-11(13-4-3-7-20-13)8-15-14(17)16-5-6-19-12(9-16)10-18-2/h3-4,7,11-12H,5-6,8-10H2,1-2H3,(H,15,17)/t11-,12+/m0/s1. The molecule has 0 radical (unpaired) electrons. The number of amides is 2. The normalized spacial score (nSPS) is 20.7. The van der Waals surface area contributed by atoms with E-state index in [4.69, 9.17) is 9.47 Å². The van der Waals surface area contributed by atoms with Crippen molar-refractivity contribution in [2.24, 2.45) is 0 Å². The van der Waals surface area contributed by atoms with Crippen molar-refractivity contribution < 1.29 is 14.3 Å². The van der Waals surface area contributed by atoms with Gasteiger partial charge in [-0.15, -0.1) is 11.3 Å². The van der Waals surface area contributed by atoms with Crippen molar-refractivity contribution in [3.05, 3.63) is 22.4 Å². The van der Waals surface area contributed by atoms with Gasteiger partial charge in [-0.3, -0.25) is 0 Å². The van der Waals surface area contributed by atoms with Gasteiger partial charge in [0.2, 0.25) is 0 Å². The molecule has 0 unspecified atom stereocenters. The van der Waals surface area contributed by atoms with Gasteiger partial charge in [0.1, 0.15) is 0 Å². The van der Waals surface area contributed by atoms with Gasteiger partial charge >= 0.3 is 6.03 Å². The minimum atomic E-state index is -0.0192. The maximum atomic E-state index is 12.1. The van der Waals surface area contributed by atoms with Crippen LogP contribution in [0.4, 0.5) is 4.79 Å². The van der Waals surface area contributed by atoms with Gasteiger partial charge in [0, 0.05) is 31.0 Å². The van der Waals surface area contributed by atoms with Gasteiger partial charge in [0.25, 0.3) is 0 Å². The Labute approximate surface area is 123 Å². The summed E-state index contributed by atoms with van der Waals surface area (Å²) in [5.41, 5.74) is 0. The predicted octanol–water partition coefficient (Wildman–Crippen LogP) is 1.91. The first-order chi connectivity index (χ1) is 9.70. The van der Waals surface area contributed by atoms with Gasteiger partial charge < -0.3 is 19.7 Å². The Balaban J connectivity index is 1.76. The SMILES string of the molecule is COC[C@H]1CN(C(=O)NC[C@H](C)c2cccs2)CCO1. The van der Waals surface area contributed by atoms with E-state index in [-0.39, 0.29) is 12.1 Å². The maximum absolute atomic E-state index is 12.1. The molecule has 0 saturated carbocycles. The first kappa shape index (κ1) is 15.3. The summed E-state index contributed by atoms with van der Waals surface area (Å²) in [5.74, 6) is 0.342. The quantitative estimate of drug-likeness (QED) is 0.903. The third kappa shape index (κ3) is 4.19. The van der Waals surface area contributed by atoms with E-state index in [0.29, 0.717) is 38.8 Å². The summed E-state index contributed by atoms with van der Waals surface area (Å²) in [6.45, 7) is 5.11. The minimum absolute atomic E-state index is 0.0159. The number of hydrogen-bond acceptors (Lipinski definition) is 4. The summed E-state index contributed by atoms with van der Waals surface area (Å²) >= 11 is 1.72. The first-order valence-corrected chi connectivity index (χ1v) is 7.75. The monoisotopic (exact) mass is 298 g/mol. The van der Waals surface area contributed by atoms with Crippen LogP contribution in [0.25, 0.3) is 0 Å². The van der Waals surface area contributed by atoms with Crippen LogP contribution in [-0.4, -0.2) is 57.0 Å². The fourth-order valence-corrected chi connectivity index (χ4v) is 3.00. The Morgan fingerprint density at radius 2 is 2.55 bits per heavy atom. The number of carbonyl (C=O) groups excluding carboxylic acids is 1. The van der Waals surface area contributed by atoms with Crippen LogP contribution >= 0.6 is 11.3 Å². The molecule has 2 rings (SSSR count). The third-order valence-corrected chi connectivity index (χ3v) is 4.47. The number of morpholine rings is 1. The van der Waals surface area contributed by atoms with Gasteiger partial charge in [-0.25, -0.2) is 4.79 Å². The summed E-state index contributed by atoms with van der Waals surface area (Å²) in [4.78, 5) is 15.2. The second-order valence-electron chi connectivity index (χ2n) is 5.00. The van der Waals surface area contributed by atoms with Gasteiger partial charge in [-0.1, -0.05) is 13.0 Å². The minimum Gasteiger partial charge on any atom is -0.382 e. The summed E-state index contributed by atoms with van der Waals surface area (Å²) in [5, 5.41) is 5.06. The van der Waals surface area contributed by atoms with E-state index in [2.05, 4.69) is 23.7 Å². The molecule has 2 amide bonds. The molecule has 1 aliphatic heterocycles. The molecule has 112 valence electrons. The Morgan fingerprint density at radius 3 is 3.25 bits per heavy atom. The van der Waals surface area contributed by atoms with Gasteiger partial charge in [0.15, 0.2) is 0 Å². The zero-order valence-corrected chi connectivity index (χ0v) is 12.8. The van der Waals surface area contributed by atoms with Gasteiger partial charge in [0.05, 0.1) is 25.9 Å². The van der Waals surface area contributed by atoms with Crippen molar-refractivity contribution in [1.29, 1.82) is 0 Å². The van der Waals surface area contributed by atoms with Crippen molar-refractivity contribution in [2.45, 2.75) is 18.9 Å². The fourth-order valence-electron chi connectivity index (χ4n) is 2.22. The van der Waals surface area contributed by atoms with Crippen LogP contribution in [0.3, 0.4) is 0 Å².